The molecule has 0 N–H and O–H groups in total. The molecule has 0 atom stereocenters. The van der Waals surface area contributed by atoms with Crippen LogP contribution >= 0.6 is 0 Å². The molecule has 0 aliphatic heterocycles. The smallest absolute Gasteiger partial charge is 0.0786 e. The summed E-state index contributed by atoms with van der Waals surface area (Å²) in [6.07, 6.45) is 25.9. The summed E-state index contributed by atoms with van der Waals surface area (Å²) in [5.41, 5.74) is 0. The Bertz CT molecular complexity index is 265. The first kappa shape index (κ1) is 27.0. The third kappa shape index (κ3) is 16.6. The normalized spacial score (nSPS) is 12.0. The highest BCUT2D eigenvalue weighted by atomic mass is 15.3. The van der Waals surface area contributed by atoms with Gasteiger partial charge in [-0.2, -0.15) is 0 Å². The molecule has 27 heavy (non-hydrogen) atoms. The van der Waals surface area contributed by atoms with Gasteiger partial charge in [0.1, 0.15) is 0 Å². The molecule has 0 amide bonds. The fourth-order valence-corrected chi connectivity index (χ4v) is 4.60. The second kappa shape index (κ2) is 20.7. The Morgan fingerprint density at radius 3 is 1.00 bits per heavy atom. The Morgan fingerprint density at radius 2 is 0.630 bits per heavy atom. The van der Waals surface area contributed by atoms with Gasteiger partial charge in [0.25, 0.3) is 0 Å². The van der Waals surface area contributed by atoms with Crippen molar-refractivity contribution in [3.05, 3.63) is 0 Å². The van der Waals surface area contributed by atoms with Gasteiger partial charge in [-0.15, -0.1) is 0 Å². The van der Waals surface area contributed by atoms with Crippen LogP contribution in [0.25, 0.3) is 0 Å². The van der Waals surface area contributed by atoms with Gasteiger partial charge in [-0.3, -0.25) is 0 Å². The van der Waals surface area contributed by atoms with E-state index in [9.17, 15) is 0 Å². The minimum atomic E-state index is 1.35. The molecule has 0 bridgehead atoms. The van der Waals surface area contributed by atoms with Gasteiger partial charge in [0.05, 0.1) is 26.2 Å². The molecule has 0 spiro atoms. The lowest BCUT2D eigenvalue weighted by atomic mass is 10.0. The standard InChI is InChI=1S/C26H56N/c1-5-9-12-13-14-15-16-17-18-19-20-21-22-26-27(23-8-4,24-10-6-2)25-11-7-3/h5-26H2,1-4H3/q+1. The summed E-state index contributed by atoms with van der Waals surface area (Å²) in [7, 11) is 0. The molecule has 0 aromatic rings. The zero-order chi connectivity index (χ0) is 20.1. The maximum Gasteiger partial charge on any atom is 0.0786 e. The second-order valence-corrected chi connectivity index (χ2v) is 9.19. The number of hydrogen-bond acceptors (Lipinski definition) is 0. The molecule has 1 nitrogen and oxygen atoms in total. The Kier molecular flexibility index (Phi) is 20.7. The van der Waals surface area contributed by atoms with E-state index in [1.54, 1.807) is 0 Å². The van der Waals surface area contributed by atoms with Crippen LogP contribution in [0.3, 0.4) is 0 Å². The quantitative estimate of drug-likeness (QED) is 0.129. The van der Waals surface area contributed by atoms with Crippen molar-refractivity contribution in [2.45, 2.75) is 143 Å². The van der Waals surface area contributed by atoms with E-state index in [0.29, 0.717) is 0 Å². The molecular weight excluding hydrogens is 326 g/mol. The number of unbranched alkanes of at least 4 members (excludes halogenated alkanes) is 14. The molecule has 0 aliphatic carbocycles. The minimum Gasteiger partial charge on any atom is -0.324 e. The summed E-state index contributed by atoms with van der Waals surface area (Å²) in [4.78, 5) is 0. The number of nitrogens with zero attached hydrogens (tertiary/aromatic N) is 1. The largest absolute Gasteiger partial charge is 0.324 e. The van der Waals surface area contributed by atoms with Crippen molar-refractivity contribution in [2.75, 3.05) is 26.2 Å². The first-order chi connectivity index (χ1) is 13.2. The predicted octanol–water partition coefficient (Wildman–Crippen LogP) is 8.90. The van der Waals surface area contributed by atoms with Crippen LogP contribution in [-0.2, 0) is 0 Å². The Morgan fingerprint density at radius 1 is 0.296 bits per heavy atom. The third-order valence-corrected chi connectivity index (χ3v) is 6.41. The van der Waals surface area contributed by atoms with Crippen LogP contribution < -0.4 is 0 Å². The molecule has 0 saturated carbocycles. The molecule has 0 aromatic heterocycles. The van der Waals surface area contributed by atoms with Crippen LogP contribution in [0.15, 0.2) is 0 Å². The Balaban J connectivity index is 3.74. The Labute approximate surface area is 174 Å². The van der Waals surface area contributed by atoms with E-state index in [1.807, 2.05) is 0 Å². The van der Waals surface area contributed by atoms with E-state index in [0.717, 1.165) is 0 Å². The molecule has 0 unspecified atom stereocenters. The van der Waals surface area contributed by atoms with Gasteiger partial charge in [0.2, 0.25) is 0 Å². The molecule has 0 saturated heterocycles. The summed E-state index contributed by atoms with van der Waals surface area (Å²) in [5.74, 6) is 0. The molecule has 0 aliphatic rings. The highest BCUT2D eigenvalue weighted by molar-refractivity contribution is 4.52. The van der Waals surface area contributed by atoms with Crippen molar-refractivity contribution in [1.29, 1.82) is 0 Å². The van der Waals surface area contributed by atoms with Crippen molar-refractivity contribution in [1.82, 2.24) is 0 Å². The minimum absolute atomic E-state index is 1.35. The van der Waals surface area contributed by atoms with Crippen LogP contribution in [0.4, 0.5) is 0 Å². The average molecular weight is 383 g/mol. The first-order valence-electron chi connectivity index (χ1n) is 13.1. The highest BCUT2D eigenvalue weighted by Crippen LogP contribution is 2.17. The summed E-state index contributed by atoms with van der Waals surface area (Å²) >= 11 is 0. The number of quaternary nitrogens is 1. The van der Waals surface area contributed by atoms with Gasteiger partial charge in [-0.1, -0.05) is 111 Å². The molecule has 0 rings (SSSR count). The van der Waals surface area contributed by atoms with E-state index >= 15 is 0 Å². The zero-order valence-corrected chi connectivity index (χ0v) is 20.0. The molecule has 0 fully saturated rings. The van der Waals surface area contributed by atoms with Gasteiger partial charge in [-0.05, 0) is 32.1 Å². The lowest BCUT2D eigenvalue weighted by Gasteiger charge is -2.39. The van der Waals surface area contributed by atoms with E-state index in [4.69, 9.17) is 0 Å². The predicted molar refractivity (Wildman–Crippen MR) is 126 cm³/mol. The van der Waals surface area contributed by atoms with Crippen LogP contribution in [-0.4, -0.2) is 30.7 Å². The van der Waals surface area contributed by atoms with E-state index < -0.39 is 0 Å². The zero-order valence-electron chi connectivity index (χ0n) is 20.0. The van der Waals surface area contributed by atoms with Crippen molar-refractivity contribution in [3.63, 3.8) is 0 Å². The van der Waals surface area contributed by atoms with Crippen LogP contribution in [0, 0.1) is 0 Å². The van der Waals surface area contributed by atoms with Crippen molar-refractivity contribution in [3.8, 4) is 0 Å². The third-order valence-electron chi connectivity index (χ3n) is 6.41. The van der Waals surface area contributed by atoms with E-state index in [-0.39, 0.29) is 0 Å². The topological polar surface area (TPSA) is 0 Å². The van der Waals surface area contributed by atoms with Crippen LogP contribution in [0.2, 0.25) is 0 Å². The van der Waals surface area contributed by atoms with Crippen molar-refractivity contribution in [2.24, 2.45) is 0 Å². The maximum absolute atomic E-state index is 2.38. The fraction of sp³-hybridized carbons (Fsp3) is 1.00. The SMILES string of the molecule is CCCCCCCCCCCCCCC[N+](CCC)(CCCC)CCCC. The van der Waals surface area contributed by atoms with E-state index in [2.05, 4.69) is 27.7 Å². The van der Waals surface area contributed by atoms with Gasteiger partial charge >= 0.3 is 0 Å². The van der Waals surface area contributed by atoms with Gasteiger partial charge in [0, 0.05) is 0 Å². The molecule has 0 aromatic carbocycles. The molecule has 0 heterocycles. The monoisotopic (exact) mass is 382 g/mol. The maximum atomic E-state index is 2.38. The molecular formula is C26H56N+. The first-order valence-corrected chi connectivity index (χ1v) is 13.1. The summed E-state index contributed by atoms with van der Waals surface area (Å²) in [5, 5.41) is 0. The van der Waals surface area contributed by atoms with Crippen molar-refractivity contribution >= 4 is 0 Å². The molecule has 0 radical (unpaired) electrons. The molecule has 164 valence electrons. The summed E-state index contributed by atoms with van der Waals surface area (Å²) < 4.78 is 1.43. The summed E-state index contributed by atoms with van der Waals surface area (Å²) in [6, 6.07) is 0. The van der Waals surface area contributed by atoms with Crippen molar-refractivity contribution < 1.29 is 4.48 Å². The van der Waals surface area contributed by atoms with Gasteiger partial charge in [-0.25, -0.2) is 0 Å². The highest BCUT2D eigenvalue weighted by Gasteiger charge is 2.24. The lowest BCUT2D eigenvalue weighted by molar-refractivity contribution is -0.929. The summed E-state index contributed by atoms with van der Waals surface area (Å²) in [6.45, 7) is 15.1. The Hall–Kier alpha value is -0.0400. The average Bonchev–Trinajstić information content (AvgIpc) is 2.68. The lowest BCUT2D eigenvalue weighted by Crippen LogP contribution is -2.50. The van der Waals surface area contributed by atoms with E-state index in [1.165, 1.54) is 146 Å². The number of rotatable bonds is 22. The van der Waals surface area contributed by atoms with Gasteiger partial charge < -0.3 is 4.48 Å². The second-order valence-electron chi connectivity index (χ2n) is 9.19. The number of hydrogen-bond donors (Lipinski definition) is 0. The molecule has 1 heteroatoms. The van der Waals surface area contributed by atoms with Crippen LogP contribution in [0.5, 0.6) is 0 Å². The van der Waals surface area contributed by atoms with Gasteiger partial charge in [0.15, 0.2) is 0 Å². The van der Waals surface area contributed by atoms with Crippen LogP contribution in [0.1, 0.15) is 143 Å². The fourth-order valence-electron chi connectivity index (χ4n) is 4.60.